The molecule has 0 saturated carbocycles. The van der Waals surface area contributed by atoms with Crippen molar-refractivity contribution in [1.29, 1.82) is 0 Å². The molecule has 0 fully saturated rings. The Morgan fingerprint density at radius 3 is 1.56 bits per heavy atom. The molecule has 0 aliphatic carbocycles. The van der Waals surface area contributed by atoms with E-state index in [0.717, 1.165) is 33.4 Å². The predicted octanol–water partition coefficient (Wildman–Crippen LogP) is 6.59. The van der Waals surface area contributed by atoms with Gasteiger partial charge in [0.05, 0.1) is 0 Å². The number of hydrogen-bond acceptors (Lipinski definition) is 2. The fourth-order valence-electron chi connectivity index (χ4n) is 4.13. The van der Waals surface area contributed by atoms with Crippen molar-refractivity contribution in [3.63, 3.8) is 0 Å². The molecule has 0 aliphatic heterocycles. The van der Waals surface area contributed by atoms with Crippen LogP contribution in [0.1, 0.15) is 38.9 Å². The summed E-state index contributed by atoms with van der Waals surface area (Å²) >= 11 is 0. The highest BCUT2D eigenvalue weighted by Gasteiger charge is 2.20. The molecule has 2 N–H and O–H groups in total. The zero-order valence-corrected chi connectivity index (χ0v) is 17.3. The van der Waals surface area contributed by atoms with E-state index in [1.165, 1.54) is 27.8 Å². The van der Waals surface area contributed by atoms with Gasteiger partial charge in [-0.2, -0.15) is 0 Å². The first kappa shape index (κ1) is 19.0. The van der Waals surface area contributed by atoms with Crippen molar-refractivity contribution in [3.05, 3.63) is 69.3 Å². The molecule has 0 saturated heterocycles. The normalized spacial score (nSPS) is 11.1. The molecule has 0 aliphatic rings. The number of aryl methyl sites for hydroxylation is 3. The number of phenols is 2. The molecule has 3 rings (SSSR count). The van der Waals surface area contributed by atoms with Crippen LogP contribution in [0.15, 0.2) is 30.3 Å². The van der Waals surface area contributed by atoms with E-state index in [9.17, 15) is 10.2 Å². The molecule has 0 heterocycles. The van der Waals surface area contributed by atoms with E-state index in [4.69, 9.17) is 0 Å². The molecule has 3 aromatic rings. The van der Waals surface area contributed by atoms with Crippen LogP contribution in [0.25, 0.3) is 22.3 Å². The molecule has 0 amide bonds. The minimum atomic E-state index is 0.343. The van der Waals surface area contributed by atoms with Crippen molar-refractivity contribution >= 4 is 0 Å². The van der Waals surface area contributed by atoms with Crippen molar-refractivity contribution in [3.8, 4) is 33.8 Å². The molecular weight excluding hydrogens is 332 g/mol. The Morgan fingerprint density at radius 2 is 1.00 bits per heavy atom. The third-order valence-electron chi connectivity index (χ3n) is 5.93. The van der Waals surface area contributed by atoms with Crippen molar-refractivity contribution in [2.24, 2.45) is 0 Å². The minimum absolute atomic E-state index is 0.343. The van der Waals surface area contributed by atoms with Gasteiger partial charge in [0.15, 0.2) is 0 Å². The second-order valence-electron chi connectivity index (χ2n) is 7.67. The Hall–Kier alpha value is -2.74. The van der Waals surface area contributed by atoms with Gasteiger partial charge < -0.3 is 10.2 Å². The number of rotatable bonds is 2. The van der Waals surface area contributed by atoms with Crippen LogP contribution < -0.4 is 0 Å². The lowest BCUT2D eigenvalue weighted by molar-refractivity contribution is 0.469. The van der Waals surface area contributed by atoms with Crippen LogP contribution >= 0.6 is 0 Å². The lowest BCUT2D eigenvalue weighted by atomic mass is 9.82. The summed E-state index contributed by atoms with van der Waals surface area (Å²) in [6, 6.07) is 10.1. The highest BCUT2D eigenvalue weighted by atomic mass is 16.3. The predicted molar refractivity (Wildman–Crippen MR) is 114 cm³/mol. The Labute approximate surface area is 162 Å². The summed E-state index contributed by atoms with van der Waals surface area (Å²) in [6.07, 6.45) is 0. The lowest BCUT2D eigenvalue weighted by Crippen LogP contribution is -2.00. The molecule has 0 spiro atoms. The summed E-state index contributed by atoms with van der Waals surface area (Å²) < 4.78 is 0. The quantitative estimate of drug-likeness (QED) is 0.541. The third kappa shape index (κ3) is 2.99. The number of aromatic hydroxyl groups is 2. The number of benzene rings is 3. The maximum Gasteiger partial charge on any atom is 0.119 e. The van der Waals surface area contributed by atoms with E-state index >= 15 is 0 Å². The average molecular weight is 360 g/mol. The van der Waals surface area contributed by atoms with E-state index in [-0.39, 0.29) is 0 Å². The van der Waals surface area contributed by atoms with Crippen LogP contribution in [-0.4, -0.2) is 10.2 Å². The van der Waals surface area contributed by atoms with Gasteiger partial charge in [-0.15, -0.1) is 0 Å². The highest BCUT2D eigenvalue weighted by molar-refractivity contribution is 5.91. The summed E-state index contributed by atoms with van der Waals surface area (Å²) in [6.45, 7) is 14.3. The van der Waals surface area contributed by atoms with Gasteiger partial charge in [0.25, 0.3) is 0 Å². The Morgan fingerprint density at radius 1 is 0.519 bits per heavy atom. The van der Waals surface area contributed by atoms with Gasteiger partial charge in [-0.25, -0.2) is 0 Å². The molecule has 0 bridgehead atoms. The molecule has 0 atom stereocenters. The maximum atomic E-state index is 10.2. The molecule has 2 nitrogen and oxygen atoms in total. The van der Waals surface area contributed by atoms with Crippen molar-refractivity contribution in [2.45, 2.75) is 48.5 Å². The van der Waals surface area contributed by atoms with Gasteiger partial charge in [-0.1, -0.05) is 18.2 Å². The van der Waals surface area contributed by atoms with Crippen molar-refractivity contribution in [2.75, 3.05) is 0 Å². The van der Waals surface area contributed by atoms with Gasteiger partial charge in [0.2, 0.25) is 0 Å². The van der Waals surface area contributed by atoms with Crippen LogP contribution in [-0.2, 0) is 0 Å². The van der Waals surface area contributed by atoms with Crippen LogP contribution in [0.3, 0.4) is 0 Å². The first-order valence-corrected chi connectivity index (χ1v) is 9.35. The van der Waals surface area contributed by atoms with E-state index < -0.39 is 0 Å². The fraction of sp³-hybridized carbons (Fsp3) is 0.280. The zero-order chi connectivity index (χ0) is 20.0. The summed E-state index contributed by atoms with van der Waals surface area (Å²) in [5.41, 5.74) is 12.1. The van der Waals surface area contributed by atoms with E-state index in [0.29, 0.717) is 11.5 Å². The Kier molecular flexibility index (Phi) is 4.77. The largest absolute Gasteiger partial charge is 0.508 e. The summed E-state index contributed by atoms with van der Waals surface area (Å²) in [7, 11) is 0. The van der Waals surface area contributed by atoms with Crippen LogP contribution in [0.2, 0.25) is 0 Å². The Balaban J connectivity index is 2.45. The fourth-order valence-corrected chi connectivity index (χ4v) is 4.13. The monoisotopic (exact) mass is 360 g/mol. The first-order valence-electron chi connectivity index (χ1n) is 9.35. The van der Waals surface area contributed by atoms with Crippen LogP contribution in [0, 0.1) is 48.5 Å². The smallest absolute Gasteiger partial charge is 0.119 e. The van der Waals surface area contributed by atoms with Crippen molar-refractivity contribution < 1.29 is 10.2 Å². The molecule has 140 valence electrons. The Bertz CT molecular complexity index is 1060. The van der Waals surface area contributed by atoms with Gasteiger partial charge >= 0.3 is 0 Å². The topological polar surface area (TPSA) is 40.5 Å². The maximum absolute atomic E-state index is 10.2. The molecular formula is C25H28O2. The second kappa shape index (κ2) is 6.77. The van der Waals surface area contributed by atoms with Crippen LogP contribution in [0.4, 0.5) is 0 Å². The SMILES string of the molecule is Cc1cccc(-c2c(C)cc(O)c(C)c2C)c1-c1c(C)cc(O)c(C)c1C. The number of phenolic OH excluding ortho intramolecular Hbond substituents is 2. The van der Waals surface area contributed by atoms with Gasteiger partial charge in [-0.05, 0) is 122 Å². The molecule has 0 radical (unpaired) electrons. The molecule has 0 aromatic heterocycles. The summed E-state index contributed by atoms with van der Waals surface area (Å²) in [4.78, 5) is 0. The summed E-state index contributed by atoms with van der Waals surface area (Å²) in [5.74, 6) is 0.688. The van der Waals surface area contributed by atoms with E-state index in [2.05, 4.69) is 52.8 Å². The molecule has 3 aromatic carbocycles. The average Bonchev–Trinajstić information content (AvgIpc) is 2.60. The summed E-state index contributed by atoms with van der Waals surface area (Å²) in [5, 5.41) is 20.5. The van der Waals surface area contributed by atoms with E-state index in [1.807, 2.05) is 26.0 Å². The first-order chi connectivity index (χ1) is 12.6. The zero-order valence-electron chi connectivity index (χ0n) is 17.3. The van der Waals surface area contributed by atoms with Crippen LogP contribution in [0.5, 0.6) is 11.5 Å². The molecule has 2 heteroatoms. The lowest BCUT2D eigenvalue weighted by Gasteiger charge is -2.22. The van der Waals surface area contributed by atoms with Gasteiger partial charge in [-0.3, -0.25) is 0 Å². The second-order valence-corrected chi connectivity index (χ2v) is 7.67. The molecule has 27 heavy (non-hydrogen) atoms. The highest BCUT2D eigenvalue weighted by Crippen LogP contribution is 2.44. The third-order valence-corrected chi connectivity index (χ3v) is 5.93. The minimum Gasteiger partial charge on any atom is -0.508 e. The van der Waals surface area contributed by atoms with Crippen molar-refractivity contribution in [1.82, 2.24) is 0 Å². The number of hydrogen-bond donors (Lipinski definition) is 2. The van der Waals surface area contributed by atoms with Gasteiger partial charge in [0, 0.05) is 0 Å². The standard InChI is InChI=1S/C25H28O2/c1-13-9-8-10-20(23-14(2)11-21(26)16(4)18(23)6)25(13)24-15(3)12-22(27)17(5)19(24)7/h8-12,26-27H,1-7H3. The van der Waals surface area contributed by atoms with Gasteiger partial charge in [0.1, 0.15) is 11.5 Å². The molecule has 0 unspecified atom stereocenters. The van der Waals surface area contributed by atoms with E-state index in [1.54, 1.807) is 0 Å².